The second-order valence-corrected chi connectivity index (χ2v) is 4.83. The van der Waals surface area contributed by atoms with Crippen molar-refractivity contribution in [3.63, 3.8) is 0 Å². The monoisotopic (exact) mass is 221 g/mol. The molecule has 0 saturated heterocycles. The maximum absolute atomic E-state index is 11.8. The predicted octanol–water partition coefficient (Wildman–Crippen LogP) is 3.18. The minimum absolute atomic E-state index is 0.0486. The van der Waals surface area contributed by atoms with Gasteiger partial charge in [-0.2, -0.15) is 0 Å². The number of halogens is 1. The molecule has 78 valence electrons. The highest BCUT2D eigenvalue weighted by atomic mass is 35.5. The number of hydrogen-bond acceptors (Lipinski definition) is 1. The lowest BCUT2D eigenvalue weighted by atomic mass is 9.73. The van der Waals surface area contributed by atoms with E-state index in [0.29, 0.717) is 5.92 Å². The van der Waals surface area contributed by atoms with Gasteiger partial charge in [0, 0.05) is 10.7 Å². The molecule has 1 unspecified atom stereocenters. The van der Waals surface area contributed by atoms with Gasteiger partial charge >= 0.3 is 0 Å². The van der Waals surface area contributed by atoms with Crippen LogP contribution >= 0.6 is 11.6 Å². The minimum Gasteiger partial charge on any atom is -0.325 e. The van der Waals surface area contributed by atoms with Crippen molar-refractivity contribution in [3.05, 3.63) is 28.8 Å². The average Bonchev–Trinajstić information content (AvgIpc) is 2.42. The standard InChI is InChI=1S/C12H12ClNO/c13-8-4-5-10-9(6-8)11(12(15)14-10)7-2-1-3-7/h4-7,11H,1-3H2,(H,14,15). The van der Waals surface area contributed by atoms with Crippen LogP contribution in [0.5, 0.6) is 0 Å². The molecule has 1 amide bonds. The van der Waals surface area contributed by atoms with E-state index in [1.165, 1.54) is 19.3 Å². The summed E-state index contributed by atoms with van der Waals surface area (Å²) in [7, 11) is 0. The molecule has 1 atom stereocenters. The first-order valence-corrected chi connectivity index (χ1v) is 5.74. The zero-order valence-corrected chi connectivity index (χ0v) is 9.05. The van der Waals surface area contributed by atoms with Crippen molar-refractivity contribution >= 4 is 23.2 Å². The molecule has 0 radical (unpaired) electrons. The highest BCUT2D eigenvalue weighted by molar-refractivity contribution is 6.31. The number of rotatable bonds is 1. The van der Waals surface area contributed by atoms with Gasteiger partial charge in [-0.3, -0.25) is 4.79 Å². The summed E-state index contributed by atoms with van der Waals surface area (Å²) in [6.07, 6.45) is 3.60. The number of nitrogens with one attached hydrogen (secondary N) is 1. The highest BCUT2D eigenvalue weighted by Gasteiger charge is 2.39. The van der Waals surface area contributed by atoms with Crippen molar-refractivity contribution in [1.82, 2.24) is 0 Å². The Hall–Kier alpha value is -1.02. The largest absolute Gasteiger partial charge is 0.325 e. The summed E-state index contributed by atoms with van der Waals surface area (Å²) in [4.78, 5) is 11.8. The van der Waals surface area contributed by atoms with E-state index >= 15 is 0 Å². The van der Waals surface area contributed by atoms with Crippen LogP contribution in [0.15, 0.2) is 18.2 Å². The summed E-state index contributed by atoms with van der Waals surface area (Å²) in [5, 5.41) is 3.64. The zero-order chi connectivity index (χ0) is 10.4. The van der Waals surface area contributed by atoms with E-state index in [9.17, 15) is 4.79 Å². The van der Waals surface area contributed by atoms with E-state index in [1.807, 2.05) is 18.2 Å². The maximum Gasteiger partial charge on any atom is 0.232 e. The molecule has 0 spiro atoms. The highest BCUT2D eigenvalue weighted by Crippen LogP contribution is 2.46. The molecule has 1 N–H and O–H groups in total. The van der Waals surface area contributed by atoms with Gasteiger partial charge in [0.25, 0.3) is 0 Å². The molecule has 1 aromatic carbocycles. The number of carbonyl (C=O) groups excluding carboxylic acids is 1. The van der Waals surface area contributed by atoms with Gasteiger partial charge in [-0.1, -0.05) is 18.0 Å². The first kappa shape index (κ1) is 9.22. The van der Waals surface area contributed by atoms with Crippen LogP contribution < -0.4 is 5.32 Å². The van der Waals surface area contributed by atoms with Crippen molar-refractivity contribution in [3.8, 4) is 0 Å². The van der Waals surface area contributed by atoms with E-state index in [2.05, 4.69) is 5.32 Å². The molecular weight excluding hydrogens is 210 g/mol. The lowest BCUT2D eigenvalue weighted by Gasteiger charge is -2.30. The van der Waals surface area contributed by atoms with E-state index in [-0.39, 0.29) is 11.8 Å². The molecule has 3 rings (SSSR count). The molecule has 1 heterocycles. The van der Waals surface area contributed by atoms with Crippen LogP contribution in [0.25, 0.3) is 0 Å². The number of fused-ring (bicyclic) bond motifs is 1. The van der Waals surface area contributed by atoms with Crippen LogP contribution in [0, 0.1) is 5.92 Å². The lowest BCUT2D eigenvalue weighted by molar-refractivity contribution is -0.118. The van der Waals surface area contributed by atoms with Gasteiger partial charge in [-0.15, -0.1) is 0 Å². The molecule has 2 aliphatic rings. The Kier molecular flexibility index (Phi) is 1.99. The van der Waals surface area contributed by atoms with Gasteiger partial charge in [-0.25, -0.2) is 0 Å². The first-order chi connectivity index (χ1) is 7.25. The Labute approximate surface area is 93.6 Å². The van der Waals surface area contributed by atoms with Crippen LogP contribution in [0.3, 0.4) is 0 Å². The molecule has 15 heavy (non-hydrogen) atoms. The third kappa shape index (κ3) is 1.36. The van der Waals surface area contributed by atoms with Gasteiger partial charge in [0.05, 0.1) is 5.92 Å². The fourth-order valence-corrected chi connectivity index (χ4v) is 2.68. The molecule has 1 saturated carbocycles. The van der Waals surface area contributed by atoms with Crippen molar-refractivity contribution in [1.29, 1.82) is 0 Å². The molecule has 1 aromatic rings. The van der Waals surface area contributed by atoms with E-state index in [1.54, 1.807) is 0 Å². The minimum atomic E-state index is 0.0486. The molecule has 1 aliphatic carbocycles. The quantitative estimate of drug-likeness (QED) is 0.776. The molecule has 0 aromatic heterocycles. The lowest BCUT2D eigenvalue weighted by Crippen LogP contribution is -2.25. The molecule has 0 bridgehead atoms. The zero-order valence-electron chi connectivity index (χ0n) is 8.29. The molecular formula is C12H12ClNO. The molecule has 2 nitrogen and oxygen atoms in total. The fraction of sp³-hybridized carbons (Fsp3) is 0.417. The summed E-state index contributed by atoms with van der Waals surface area (Å²) in [5.74, 6) is 0.731. The van der Waals surface area contributed by atoms with Crippen molar-refractivity contribution in [2.45, 2.75) is 25.2 Å². The van der Waals surface area contributed by atoms with Gasteiger partial charge in [0.1, 0.15) is 0 Å². The van der Waals surface area contributed by atoms with E-state index in [4.69, 9.17) is 11.6 Å². The summed E-state index contributed by atoms with van der Waals surface area (Å²) >= 11 is 5.96. The number of carbonyl (C=O) groups is 1. The Morgan fingerprint density at radius 2 is 2.13 bits per heavy atom. The fourth-order valence-electron chi connectivity index (χ4n) is 2.50. The number of anilines is 1. The van der Waals surface area contributed by atoms with Gasteiger partial charge in [-0.05, 0) is 42.5 Å². The number of hydrogen-bond donors (Lipinski definition) is 1. The normalized spacial score (nSPS) is 24.6. The Bertz CT molecular complexity index is 426. The van der Waals surface area contributed by atoms with Crippen LogP contribution in [0.4, 0.5) is 5.69 Å². The second kappa shape index (κ2) is 3.24. The smallest absolute Gasteiger partial charge is 0.232 e. The predicted molar refractivity (Wildman–Crippen MR) is 60.2 cm³/mol. The third-order valence-corrected chi connectivity index (χ3v) is 3.75. The van der Waals surface area contributed by atoms with E-state index < -0.39 is 0 Å². The van der Waals surface area contributed by atoms with Crippen molar-refractivity contribution < 1.29 is 4.79 Å². The molecule has 3 heteroatoms. The first-order valence-electron chi connectivity index (χ1n) is 5.36. The van der Waals surface area contributed by atoms with Gasteiger partial charge in [0.15, 0.2) is 0 Å². The summed E-state index contributed by atoms with van der Waals surface area (Å²) in [6, 6.07) is 5.65. The van der Waals surface area contributed by atoms with Crippen molar-refractivity contribution in [2.24, 2.45) is 5.92 Å². The summed E-state index contributed by atoms with van der Waals surface area (Å²) < 4.78 is 0. The van der Waals surface area contributed by atoms with Crippen molar-refractivity contribution in [2.75, 3.05) is 5.32 Å². The summed E-state index contributed by atoms with van der Waals surface area (Å²) in [5.41, 5.74) is 2.04. The van der Waals surface area contributed by atoms with Crippen LogP contribution in [-0.2, 0) is 4.79 Å². The van der Waals surface area contributed by atoms with Crippen LogP contribution in [-0.4, -0.2) is 5.91 Å². The SMILES string of the molecule is O=C1Nc2ccc(Cl)cc2C1C1CCC1. The molecule has 1 aliphatic heterocycles. The topological polar surface area (TPSA) is 29.1 Å². The Balaban J connectivity index is 2.03. The number of amides is 1. The Morgan fingerprint density at radius 3 is 2.80 bits per heavy atom. The second-order valence-electron chi connectivity index (χ2n) is 4.39. The van der Waals surface area contributed by atoms with Gasteiger partial charge in [0.2, 0.25) is 5.91 Å². The number of benzene rings is 1. The maximum atomic E-state index is 11.8. The van der Waals surface area contributed by atoms with Crippen LogP contribution in [0.1, 0.15) is 30.7 Å². The Morgan fingerprint density at radius 1 is 1.33 bits per heavy atom. The average molecular weight is 222 g/mol. The van der Waals surface area contributed by atoms with Gasteiger partial charge < -0.3 is 5.32 Å². The third-order valence-electron chi connectivity index (χ3n) is 3.51. The van der Waals surface area contributed by atoms with E-state index in [0.717, 1.165) is 16.3 Å². The van der Waals surface area contributed by atoms with Crippen LogP contribution in [0.2, 0.25) is 5.02 Å². The molecule has 1 fully saturated rings. The summed E-state index contributed by atoms with van der Waals surface area (Å²) in [6.45, 7) is 0.